The quantitative estimate of drug-likeness (QED) is 0.487. The Balaban J connectivity index is 1.63. The summed E-state index contributed by atoms with van der Waals surface area (Å²) in [5.74, 6) is 0.479. The Hall–Kier alpha value is -2.84. The molecule has 7 nitrogen and oxygen atoms in total. The molecule has 0 saturated carbocycles. The van der Waals surface area contributed by atoms with Crippen molar-refractivity contribution in [3.05, 3.63) is 70.5 Å². The van der Waals surface area contributed by atoms with Gasteiger partial charge >= 0.3 is 0 Å². The van der Waals surface area contributed by atoms with E-state index in [4.69, 9.17) is 11.6 Å². The summed E-state index contributed by atoms with van der Waals surface area (Å²) in [6, 6.07) is 14.0. The summed E-state index contributed by atoms with van der Waals surface area (Å²) in [5.41, 5.74) is 2.21. The molecule has 0 saturated heterocycles. The summed E-state index contributed by atoms with van der Waals surface area (Å²) in [6.07, 6.45) is 0. The predicted molar refractivity (Wildman–Crippen MR) is 124 cm³/mol. The van der Waals surface area contributed by atoms with Crippen molar-refractivity contribution in [1.29, 1.82) is 0 Å². The van der Waals surface area contributed by atoms with E-state index in [2.05, 4.69) is 20.8 Å². The number of carbonyl (C=O) groups excluding carboxylic acids is 2. The van der Waals surface area contributed by atoms with Crippen LogP contribution in [-0.2, 0) is 11.3 Å². The van der Waals surface area contributed by atoms with Gasteiger partial charge in [-0.3, -0.25) is 9.59 Å². The summed E-state index contributed by atoms with van der Waals surface area (Å²) in [6.45, 7) is 6.35. The van der Waals surface area contributed by atoms with Crippen LogP contribution >= 0.6 is 23.4 Å². The molecular weight excluding hydrogens is 434 g/mol. The molecule has 2 aromatic carbocycles. The number of aromatic nitrogens is 3. The van der Waals surface area contributed by atoms with Gasteiger partial charge in [-0.25, -0.2) is 0 Å². The minimum Gasteiger partial charge on any atom is -0.342 e. The Morgan fingerprint density at radius 3 is 2.61 bits per heavy atom. The van der Waals surface area contributed by atoms with Crippen molar-refractivity contribution in [2.24, 2.45) is 0 Å². The molecular formula is C22H24ClN5O2S. The number of carbonyl (C=O) groups is 2. The van der Waals surface area contributed by atoms with E-state index in [9.17, 15) is 9.59 Å². The van der Waals surface area contributed by atoms with Crippen LogP contribution in [0.1, 0.15) is 41.6 Å². The van der Waals surface area contributed by atoms with Gasteiger partial charge in [-0.05, 0) is 50.6 Å². The zero-order valence-corrected chi connectivity index (χ0v) is 19.1. The lowest BCUT2D eigenvalue weighted by Crippen LogP contribution is -2.28. The molecule has 2 N–H and O–H groups in total. The number of thioether (sulfide) groups is 1. The van der Waals surface area contributed by atoms with Crippen LogP contribution in [0.25, 0.3) is 0 Å². The fourth-order valence-corrected chi connectivity index (χ4v) is 3.99. The molecule has 3 aromatic rings. The third-order valence-electron chi connectivity index (χ3n) is 4.64. The van der Waals surface area contributed by atoms with Gasteiger partial charge in [0.05, 0.1) is 11.8 Å². The number of hydrogen-bond acceptors (Lipinski definition) is 5. The lowest BCUT2D eigenvalue weighted by molar-refractivity contribution is -0.113. The number of amides is 2. The van der Waals surface area contributed by atoms with E-state index >= 15 is 0 Å². The van der Waals surface area contributed by atoms with Crippen molar-refractivity contribution in [2.75, 3.05) is 11.1 Å². The standard InChI is InChI=1S/C22H24ClN5O2S/c1-4-28-20(15(3)24-21(30)16-8-6-5-7-9-16)26-27-22(28)31-13-19(29)25-18-12-17(23)11-10-14(18)2/h5-12,15H,4,13H2,1-3H3,(H,24,30)(H,25,29)/t15-/m0/s1. The molecule has 0 aliphatic heterocycles. The molecule has 0 aliphatic rings. The van der Waals surface area contributed by atoms with Gasteiger partial charge < -0.3 is 15.2 Å². The van der Waals surface area contributed by atoms with E-state index in [1.807, 2.05) is 49.6 Å². The first-order chi connectivity index (χ1) is 14.9. The van der Waals surface area contributed by atoms with Crippen LogP contribution in [-0.4, -0.2) is 32.3 Å². The van der Waals surface area contributed by atoms with Gasteiger partial charge in [0.2, 0.25) is 5.91 Å². The second-order valence-corrected chi connectivity index (χ2v) is 8.32. The van der Waals surface area contributed by atoms with Gasteiger partial charge in [-0.1, -0.05) is 47.6 Å². The van der Waals surface area contributed by atoms with Crippen LogP contribution in [0.2, 0.25) is 5.02 Å². The average molecular weight is 458 g/mol. The first-order valence-electron chi connectivity index (χ1n) is 9.86. The summed E-state index contributed by atoms with van der Waals surface area (Å²) in [5, 5.41) is 15.5. The first-order valence-corrected chi connectivity index (χ1v) is 11.2. The number of aryl methyl sites for hydroxylation is 1. The molecule has 0 aliphatic carbocycles. The van der Waals surface area contributed by atoms with Crippen molar-refractivity contribution >= 4 is 40.9 Å². The van der Waals surface area contributed by atoms with E-state index in [1.54, 1.807) is 24.3 Å². The number of rotatable bonds is 8. The molecule has 1 atom stereocenters. The minimum atomic E-state index is -0.336. The van der Waals surface area contributed by atoms with Crippen LogP contribution < -0.4 is 10.6 Å². The Morgan fingerprint density at radius 2 is 1.90 bits per heavy atom. The first kappa shape index (κ1) is 22.8. The highest BCUT2D eigenvalue weighted by Crippen LogP contribution is 2.23. The van der Waals surface area contributed by atoms with E-state index in [-0.39, 0.29) is 23.6 Å². The molecule has 1 aromatic heterocycles. The van der Waals surface area contributed by atoms with Crippen LogP contribution in [0.15, 0.2) is 53.7 Å². The Labute approximate surface area is 190 Å². The minimum absolute atomic E-state index is 0.159. The number of anilines is 1. The molecule has 162 valence electrons. The average Bonchev–Trinajstić information content (AvgIpc) is 3.18. The number of hydrogen-bond donors (Lipinski definition) is 2. The molecule has 0 radical (unpaired) electrons. The third kappa shape index (κ3) is 5.86. The third-order valence-corrected chi connectivity index (χ3v) is 5.84. The predicted octanol–water partition coefficient (Wildman–Crippen LogP) is 4.48. The Kier molecular flexibility index (Phi) is 7.70. The summed E-state index contributed by atoms with van der Waals surface area (Å²) >= 11 is 7.31. The maximum atomic E-state index is 12.4. The molecule has 0 unspecified atom stereocenters. The van der Waals surface area contributed by atoms with E-state index in [1.165, 1.54) is 11.8 Å². The molecule has 1 heterocycles. The van der Waals surface area contributed by atoms with Gasteiger partial charge in [-0.15, -0.1) is 10.2 Å². The highest BCUT2D eigenvalue weighted by atomic mass is 35.5. The molecule has 2 amide bonds. The fraction of sp³-hybridized carbons (Fsp3) is 0.273. The zero-order chi connectivity index (χ0) is 22.4. The summed E-state index contributed by atoms with van der Waals surface area (Å²) in [7, 11) is 0. The molecule has 31 heavy (non-hydrogen) atoms. The van der Waals surface area contributed by atoms with Crippen molar-refractivity contribution < 1.29 is 9.59 Å². The highest BCUT2D eigenvalue weighted by Gasteiger charge is 2.20. The van der Waals surface area contributed by atoms with Crippen LogP contribution in [0.5, 0.6) is 0 Å². The second-order valence-electron chi connectivity index (χ2n) is 6.94. The highest BCUT2D eigenvalue weighted by molar-refractivity contribution is 7.99. The van der Waals surface area contributed by atoms with Crippen molar-refractivity contribution in [2.45, 2.75) is 38.5 Å². The van der Waals surface area contributed by atoms with E-state index in [0.717, 1.165) is 5.56 Å². The molecule has 9 heteroatoms. The molecule has 0 spiro atoms. The van der Waals surface area contributed by atoms with E-state index in [0.29, 0.717) is 33.8 Å². The van der Waals surface area contributed by atoms with Gasteiger partial charge in [0.15, 0.2) is 11.0 Å². The molecule has 3 rings (SSSR count). The monoisotopic (exact) mass is 457 g/mol. The fourth-order valence-electron chi connectivity index (χ4n) is 3.00. The van der Waals surface area contributed by atoms with Gasteiger partial charge in [0.1, 0.15) is 0 Å². The topological polar surface area (TPSA) is 88.9 Å². The maximum absolute atomic E-state index is 12.4. The summed E-state index contributed by atoms with van der Waals surface area (Å²) in [4.78, 5) is 24.8. The normalized spacial score (nSPS) is 11.7. The number of benzene rings is 2. The van der Waals surface area contributed by atoms with Gasteiger partial charge in [-0.2, -0.15) is 0 Å². The number of halogens is 1. The Bertz CT molecular complexity index is 1070. The van der Waals surface area contributed by atoms with Crippen LogP contribution in [0, 0.1) is 6.92 Å². The van der Waals surface area contributed by atoms with Crippen LogP contribution in [0.3, 0.4) is 0 Å². The number of nitrogens with one attached hydrogen (secondary N) is 2. The maximum Gasteiger partial charge on any atom is 0.251 e. The van der Waals surface area contributed by atoms with Crippen molar-refractivity contribution in [1.82, 2.24) is 20.1 Å². The SMILES string of the molecule is CCn1c(SCC(=O)Nc2cc(Cl)ccc2C)nnc1[C@H](C)NC(=O)c1ccccc1. The second kappa shape index (κ2) is 10.5. The Morgan fingerprint density at radius 1 is 1.16 bits per heavy atom. The smallest absolute Gasteiger partial charge is 0.251 e. The van der Waals surface area contributed by atoms with Gasteiger partial charge in [0.25, 0.3) is 5.91 Å². The zero-order valence-electron chi connectivity index (χ0n) is 17.6. The lowest BCUT2D eigenvalue weighted by atomic mass is 10.2. The molecule has 0 fully saturated rings. The van der Waals surface area contributed by atoms with Gasteiger partial charge in [0, 0.05) is 22.8 Å². The van der Waals surface area contributed by atoms with E-state index < -0.39 is 0 Å². The van der Waals surface area contributed by atoms with Crippen molar-refractivity contribution in [3.8, 4) is 0 Å². The van der Waals surface area contributed by atoms with Crippen molar-refractivity contribution in [3.63, 3.8) is 0 Å². The summed E-state index contributed by atoms with van der Waals surface area (Å²) < 4.78 is 1.90. The number of nitrogens with zero attached hydrogens (tertiary/aromatic N) is 3. The lowest BCUT2D eigenvalue weighted by Gasteiger charge is -2.15. The van der Waals surface area contributed by atoms with Crippen LogP contribution in [0.4, 0.5) is 5.69 Å². The largest absolute Gasteiger partial charge is 0.342 e. The molecule has 0 bridgehead atoms.